The summed E-state index contributed by atoms with van der Waals surface area (Å²) in [6.45, 7) is 5.32. The number of rotatable bonds is 4. The Balaban J connectivity index is 2.14. The lowest BCUT2D eigenvalue weighted by atomic mass is 10.2. The summed E-state index contributed by atoms with van der Waals surface area (Å²) in [5, 5.41) is 3.10. The molecule has 16 heavy (non-hydrogen) atoms. The zero-order chi connectivity index (χ0) is 11.8. The highest BCUT2D eigenvalue weighted by atomic mass is 32.2. The third kappa shape index (κ3) is 2.26. The van der Waals surface area contributed by atoms with Crippen LogP contribution >= 0.6 is 0 Å². The third-order valence-electron chi connectivity index (χ3n) is 2.55. The second kappa shape index (κ2) is 4.15. The molecule has 6 nitrogen and oxygen atoms in total. The van der Waals surface area contributed by atoms with Gasteiger partial charge in [0.05, 0.1) is 6.33 Å². The Kier molecular flexibility index (Phi) is 3.00. The van der Waals surface area contributed by atoms with Crippen molar-refractivity contribution in [3.63, 3.8) is 0 Å². The van der Waals surface area contributed by atoms with Crippen LogP contribution in [-0.2, 0) is 10.0 Å². The van der Waals surface area contributed by atoms with Gasteiger partial charge in [0.15, 0.2) is 5.03 Å². The lowest BCUT2D eigenvalue weighted by molar-refractivity contribution is 0.410. The number of nitrogens with one attached hydrogen (secondary N) is 2. The van der Waals surface area contributed by atoms with Crippen molar-refractivity contribution in [1.29, 1.82) is 0 Å². The maximum absolute atomic E-state index is 11.9. The molecule has 0 aromatic carbocycles. The standard InChI is InChI=1S/C9H16N4O2S/c1-7(2)13-5-9(11-6-13)16(14,15)12-8-3-10-4-8/h5-8,10,12H,3-4H2,1-2H3. The van der Waals surface area contributed by atoms with Crippen molar-refractivity contribution in [3.05, 3.63) is 12.5 Å². The quantitative estimate of drug-likeness (QED) is 0.763. The first-order valence-corrected chi connectivity index (χ1v) is 6.74. The van der Waals surface area contributed by atoms with Gasteiger partial charge in [-0.3, -0.25) is 0 Å². The molecule has 1 aromatic rings. The average Bonchev–Trinajstić information content (AvgIpc) is 2.61. The van der Waals surface area contributed by atoms with Crippen molar-refractivity contribution in [2.75, 3.05) is 13.1 Å². The number of hydrogen-bond acceptors (Lipinski definition) is 4. The van der Waals surface area contributed by atoms with Crippen molar-refractivity contribution in [2.24, 2.45) is 0 Å². The van der Waals surface area contributed by atoms with E-state index in [0.717, 1.165) is 0 Å². The Morgan fingerprint density at radius 2 is 2.25 bits per heavy atom. The van der Waals surface area contributed by atoms with E-state index in [1.165, 1.54) is 6.33 Å². The highest BCUT2D eigenvalue weighted by Gasteiger charge is 2.26. The van der Waals surface area contributed by atoms with Gasteiger partial charge >= 0.3 is 0 Å². The highest BCUT2D eigenvalue weighted by molar-refractivity contribution is 7.89. The third-order valence-corrected chi connectivity index (χ3v) is 3.96. The van der Waals surface area contributed by atoms with Crippen LogP contribution in [0.2, 0.25) is 0 Å². The molecule has 90 valence electrons. The molecule has 0 radical (unpaired) electrons. The van der Waals surface area contributed by atoms with E-state index < -0.39 is 10.0 Å². The predicted octanol–water partition coefficient (Wildman–Crippen LogP) is -0.286. The summed E-state index contributed by atoms with van der Waals surface area (Å²) >= 11 is 0. The van der Waals surface area contributed by atoms with Crippen LogP contribution in [0.3, 0.4) is 0 Å². The zero-order valence-corrected chi connectivity index (χ0v) is 10.2. The molecule has 0 spiro atoms. The number of sulfonamides is 1. The van der Waals surface area contributed by atoms with Gasteiger partial charge in [-0.15, -0.1) is 0 Å². The largest absolute Gasteiger partial charge is 0.334 e. The van der Waals surface area contributed by atoms with E-state index in [9.17, 15) is 8.42 Å². The molecule has 0 unspecified atom stereocenters. The molecule has 0 saturated carbocycles. The monoisotopic (exact) mass is 244 g/mol. The Labute approximate surface area is 95.1 Å². The maximum atomic E-state index is 11.9. The van der Waals surface area contributed by atoms with Crippen LogP contribution < -0.4 is 10.0 Å². The van der Waals surface area contributed by atoms with Crippen LogP contribution in [0.4, 0.5) is 0 Å². The van der Waals surface area contributed by atoms with Crippen LogP contribution in [0.25, 0.3) is 0 Å². The number of hydrogen-bond donors (Lipinski definition) is 2. The number of aromatic nitrogens is 2. The van der Waals surface area contributed by atoms with Gasteiger partial charge < -0.3 is 9.88 Å². The van der Waals surface area contributed by atoms with Crippen LogP contribution in [0, 0.1) is 0 Å². The smallest absolute Gasteiger partial charge is 0.259 e. The molecule has 2 N–H and O–H groups in total. The van der Waals surface area contributed by atoms with Crippen molar-refractivity contribution < 1.29 is 8.42 Å². The van der Waals surface area contributed by atoms with Crippen LogP contribution in [0.1, 0.15) is 19.9 Å². The molecule has 1 saturated heterocycles. The fraction of sp³-hybridized carbons (Fsp3) is 0.667. The van der Waals surface area contributed by atoms with Crippen molar-refractivity contribution in [1.82, 2.24) is 19.6 Å². The molecule has 0 aliphatic carbocycles. The van der Waals surface area contributed by atoms with Crippen molar-refractivity contribution in [3.8, 4) is 0 Å². The van der Waals surface area contributed by atoms with Crippen LogP contribution in [0.5, 0.6) is 0 Å². The Morgan fingerprint density at radius 1 is 1.56 bits per heavy atom. The van der Waals surface area contributed by atoms with Gasteiger partial charge in [0, 0.05) is 31.4 Å². The molecule has 2 rings (SSSR count). The van der Waals surface area contributed by atoms with E-state index in [-0.39, 0.29) is 17.1 Å². The first-order valence-electron chi connectivity index (χ1n) is 5.25. The van der Waals surface area contributed by atoms with Gasteiger partial charge in [-0.05, 0) is 13.8 Å². The van der Waals surface area contributed by atoms with Gasteiger partial charge in [-0.25, -0.2) is 18.1 Å². The molecule has 1 aliphatic heterocycles. The second-order valence-electron chi connectivity index (χ2n) is 4.23. The molecule has 0 atom stereocenters. The lowest BCUT2D eigenvalue weighted by Crippen LogP contribution is -2.56. The summed E-state index contributed by atoms with van der Waals surface area (Å²) < 4.78 is 28.1. The van der Waals surface area contributed by atoms with Gasteiger partial charge in [-0.1, -0.05) is 0 Å². The zero-order valence-electron chi connectivity index (χ0n) is 9.34. The van der Waals surface area contributed by atoms with E-state index >= 15 is 0 Å². The number of imidazole rings is 1. The van der Waals surface area contributed by atoms with E-state index in [1.54, 1.807) is 10.8 Å². The van der Waals surface area contributed by atoms with Gasteiger partial charge in [-0.2, -0.15) is 0 Å². The normalized spacial score (nSPS) is 17.7. The Morgan fingerprint density at radius 3 is 2.69 bits per heavy atom. The van der Waals surface area contributed by atoms with E-state index in [2.05, 4.69) is 15.0 Å². The minimum Gasteiger partial charge on any atom is -0.334 e. The van der Waals surface area contributed by atoms with E-state index in [0.29, 0.717) is 13.1 Å². The Bertz CT molecular complexity index is 462. The fourth-order valence-electron chi connectivity index (χ4n) is 1.39. The maximum Gasteiger partial charge on any atom is 0.259 e. The highest BCUT2D eigenvalue weighted by Crippen LogP contribution is 2.11. The van der Waals surface area contributed by atoms with E-state index in [1.807, 2.05) is 13.8 Å². The molecule has 1 aliphatic rings. The molecule has 0 amide bonds. The molecular weight excluding hydrogens is 228 g/mol. The van der Waals surface area contributed by atoms with E-state index in [4.69, 9.17) is 0 Å². The first kappa shape index (κ1) is 11.6. The SMILES string of the molecule is CC(C)n1cnc(S(=O)(=O)NC2CNC2)c1. The minimum absolute atomic E-state index is 0.00537. The minimum atomic E-state index is -3.45. The molecule has 2 heterocycles. The molecule has 7 heteroatoms. The summed E-state index contributed by atoms with van der Waals surface area (Å²) in [5.74, 6) is 0. The van der Waals surface area contributed by atoms with Gasteiger partial charge in [0.2, 0.25) is 0 Å². The fourth-order valence-corrected chi connectivity index (χ4v) is 2.56. The molecule has 1 aromatic heterocycles. The summed E-state index contributed by atoms with van der Waals surface area (Å²) in [5.41, 5.74) is 0. The summed E-state index contributed by atoms with van der Waals surface area (Å²) in [4.78, 5) is 3.91. The summed E-state index contributed by atoms with van der Waals surface area (Å²) in [6.07, 6.45) is 3.09. The van der Waals surface area contributed by atoms with Gasteiger partial charge in [0.1, 0.15) is 0 Å². The topological polar surface area (TPSA) is 76.0 Å². The molecule has 0 bridgehead atoms. The molecule has 1 fully saturated rings. The average molecular weight is 244 g/mol. The van der Waals surface area contributed by atoms with Crippen molar-refractivity contribution >= 4 is 10.0 Å². The van der Waals surface area contributed by atoms with Gasteiger partial charge in [0.25, 0.3) is 10.0 Å². The first-order chi connectivity index (χ1) is 7.49. The second-order valence-corrected chi connectivity index (χ2v) is 5.89. The summed E-state index contributed by atoms with van der Waals surface area (Å²) in [7, 11) is -3.45. The number of nitrogens with zero attached hydrogens (tertiary/aromatic N) is 2. The van der Waals surface area contributed by atoms with Crippen LogP contribution in [0.15, 0.2) is 17.6 Å². The van der Waals surface area contributed by atoms with Crippen LogP contribution in [-0.4, -0.2) is 37.1 Å². The van der Waals surface area contributed by atoms with Crippen molar-refractivity contribution in [2.45, 2.75) is 31.0 Å². The Hall–Kier alpha value is -0.920. The lowest BCUT2D eigenvalue weighted by Gasteiger charge is -2.27. The predicted molar refractivity (Wildman–Crippen MR) is 59.6 cm³/mol. The summed E-state index contributed by atoms with van der Waals surface area (Å²) in [6, 6.07) is 0.205. The molecular formula is C9H16N4O2S.